The maximum Gasteiger partial charge on any atom is 0.309 e. The highest BCUT2D eigenvalue weighted by molar-refractivity contribution is 6.35. The van der Waals surface area contributed by atoms with Gasteiger partial charge in [-0.05, 0) is 12.8 Å². The van der Waals surface area contributed by atoms with Gasteiger partial charge in [0.05, 0.1) is 12.6 Å². The van der Waals surface area contributed by atoms with E-state index in [2.05, 4.69) is 10.6 Å². The average Bonchev–Trinajstić information content (AvgIpc) is 2.27. The van der Waals surface area contributed by atoms with Gasteiger partial charge in [-0.25, -0.2) is 0 Å². The largest absolute Gasteiger partial charge is 0.379 e. The second-order valence-electron chi connectivity index (χ2n) is 3.43. The van der Waals surface area contributed by atoms with Gasteiger partial charge >= 0.3 is 11.8 Å². The van der Waals surface area contributed by atoms with Gasteiger partial charge in [-0.3, -0.25) is 9.59 Å². The minimum atomic E-state index is -0.633. The maximum absolute atomic E-state index is 11.3. The van der Waals surface area contributed by atoms with Gasteiger partial charge in [0.2, 0.25) is 0 Å². The first-order chi connectivity index (χ1) is 7.24. The lowest BCUT2D eigenvalue weighted by Crippen LogP contribution is -2.48. The Labute approximate surface area is 88.5 Å². The Morgan fingerprint density at radius 2 is 2.20 bits per heavy atom. The predicted molar refractivity (Wildman–Crippen MR) is 54.0 cm³/mol. The Bertz CT molecular complexity index is 227. The van der Waals surface area contributed by atoms with E-state index < -0.39 is 11.8 Å². The molecule has 0 aliphatic carbocycles. The number of nitrogens with one attached hydrogen (secondary N) is 2. The third-order valence-electron chi connectivity index (χ3n) is 2.13. The van der Waals surface area contributed by atoms with E-state index in [0.717, 1.165) is 19.4 Å². The van der Waals surface area contributed by atoms with Crippen LogP contribution in [0.3, 0.4) is 0 Å². The van der Waals surface area contributed by atoms with Gasteiger partial charge in [-0.1, -0.05) is 0 Å². The van der Waals surface area contributed by atoms with Crippen molar-refractivity contribution in [3.8, 4) is 0 Å². The first kappa shape index (κ1) is 11.9. The topological polar surface area (TPSA) is 93.5 Å². The standard InChI is InChI=1S/C9H17N3O3/c10-3-4-11-8(13)9(14)12-7-2-1-5-15-6-7/h7H,1-6,10H2,(H,11,13)(H,12,14). The average molecular weight is 215 g/mol. The van der Waals surface area contributed by atoms with Crippen LogP contribution >= 0.6 is 0 Å². The fraction of sp³-hybridized carbons (Fsp3) is 0.778. The zero-order valence-corrected chi connectivity index (χ0v) is 8.62. The van der Waals surface area contributed by atoms with Crippen LogP contribution in [0.15, 0.2) is 0 Å². The van der Waals surface area contributed by atoms with Gasteiger partial charge < -0.3 is 21.1 Å². The van der Waals surface area contributed by atoms with Gasteiger partial charge in [0.25, 0.3) is 0 Å². The van der Waals surface area contributed by atoms with Gasteiger partial charge in [-0.15, -0.1) is 0 Å². The molecular weight excluding hydrogens is 198 g/mol. The number of hydrogen-bond acceptors (Lipinski definition) is 4. The van der Waals surface area contributed by atoms with Crippen molar-refractivity contribution in [1.29, 1.82) is 0 Å². The summed E-state index contributed by atoms with van der Waals surface area (Å²) in [5, 5.41) is 5.02. The van der Waals surface area contributed by atoms with Gasteiger partial charge in [0, 0.05) is 19.7 Å². The molecule has 6 nitrogen and oxygen atoms in total. The van der Waals surface area contributed by atoms with Crippen molar-refractivity contribution in [2.24, 2.45) is 5.73 Å². The Morgan fingerprint density at radius 3 is 2.80 bits per heavy atom. The second kappa shape index (κ2) is 6.36. The highest BCUT2D eigenvalue weighted by Gasteiger charge is 2.20. The number of amides is 2. The van der Waals surface area contributed by atoms with Crippen LogP contribution in [0.4, 0.5) is 0 Å². The number of hydrogen-bond donors (Lipinski definition) is 3. The lowest BCUT2D eigenvalue weighted by atomic mass is 10.1. The summed E-state index contributed by atoms with van der Waals surface area (Å²) in [4.78, 5) is 22.5. The summed E-state index contributed by atoms with van der Waals surface area (Å²) in [6, 6.07) is -0.0464. The van der Waals surface area contributed by atoms with Crippen LogP contribution in [0.25, 0.3) is 0 Å². The van der Waals surface area contributed by atoms with Crippen LogP contribution in [-0.2, 0) is 14.3 Å². The minimum Gasteiger partial charge on any atom is -0.379 e. The highest BCUT2D eigenvalue weighted by atomic mass is 16.5. The Kier molecular flexibility index (Phi) is 5.06. The molecule has 0 aromatic rings. The lowest BCUT2D eigenvalue weighted by Gasteiger charge is -2.22. The molecule has 15 heavy (non-hydrogen) atoms. The molecule has 0 saturated carbocycles. The molecule has 0 aromatic heterocycles. The molecule has 0 bridgehead atoms. The molecular formula is C9H17N3O3. The fourth-order valence-electron chi connectivity index (χ4n) is 1.37. The third-order valence-corrected chi connectivity index (χ3v) is 2.13. The van der Waals surface area contributed by atoms with Crippen LogP contribution in [-0.4, -0.2) is 44.2 Å². The minimum absolute atomic E-state index is 0.0464. The van der Waals surface area contributed by atoms with E-state index in [-0.39, 0.29) is 6.04 Å². The first-order valence-corrected chi connectivity index (χ1v) is 5.10. The van der Waals surface area contributed by atoms with E-state index in [1.807, 2.05) is 0 Å². The molecule has 1 rings (SSSR count). The molecule has 1 saturated heterocycles. The van der Waals surface area contributed by atoms with Crippen molar-refractivity contribution >= 4 is 11.8 Å². The molecule has 0 aromatic carbocycles. The van der Waals surface area contributed by atoms with Crippen LogP contribution < -0.4 is 16.4 Å². The first-order valence-electron chi connectivity index (χ1n) is 5.10. The van der Waals surface area contributed by atoms with Crippen LogP contribution in [0.2, 0.25) is 0 Å². The number of carbonyl (C=O) groups is 2. The zero-order chi connectivity index (χ0) is 11.1. The molecule has 1 heterocycles. The van der Waals surface area contributed by atoms with Crippen LogP contribution in [0, 0.1) is 0 Å². The highest BCUT2D eigenvalue weighted by Crippen LogP contribution is 2.05. The predicted octanol–water partition coefficient (Wildman–Crippen LogP) is -1.64. The number of rotatable bonds is 3. The van der Waals surface area contributed by atoms with Crippen molar-refractivity contribution < 1.29 is 14.3 Å². The maximum atomic E-state index is 11.3. The Hall–Kier alpha value is -1.14. The molecule has 1 aliphatic heterocycles. The van der Waals surface area contributed by atoms with Crippen molar-refractivity contribution in [3.63, 3.8) is 0 Å². The molecule has 0 spiro atoms. The second-order valence-corrected chi connectivity index (χ2v) is 3.43. The quantitative estimate of drug-likeness (QED) is 0.492. The SMILES string of the molecule is NCCNC(=O)C(=O)NC1CCCOC1. The third kappa shape index (κ3) is 4.26. The smallest absolute Gasteiger partial charge is 0.309 e. The Morgan fingerprint density at radius 1 is 1.40 bits per heavy atom. The molecule has 0 radical (unpaired) electrons. The molecule has 6 heteroatoms. The summed E-state index contributed by atoms with van der Waals surface area (Å²) in [5.74, 6) is -1.25. The molecule has 1 aliphatic rings. The van der Waals surface area contributed by atoms with Crippen molar-refractivity contribution in [3.05, 3.63) is 0 Å². The van der Waals surface area contributed by atoms with Gasteiger partial charge in [0.15, 0.2) is 0 Å². The van der Waals surface area contributed by atoms with Crippen LogP contribution in [0.5, 0.6) is 0 Å². The van der Waals surface area contributed by atoms with Crippen molar-refractivity contribution in [2.45, 2.75) is 18.9 Å². The number of nitrogens with two attached hydrogens (primary N) is 1. The van der Waals surface area contributed by atoms with E-state index in [1.165, 1.54) is 0 Å². The molecule has 1 unspecified atom stereocenters. The summed E-state index contributed by atoms with van der Waals surface area (Å²) < 4.78 is 5.18. The molecule has 2 amide bonds. The lowest BCUT2D eigenvalue weighted by molar-refractivity contribution is -0.140. The van der Waals surface area contributed by atoms with E-state index in [9.17, 15) is 9.59 Å². The van der Waals surface area contributed by atoms with Gasteiger partial charge in [0.1, 0.15) is 0 Å². The van der Waals surface area contributed by atoms with E-state index in [1.54, 1.807) is 0 Å². The molecule has 1 atom stereocenters. The summed E-state index contributed by atoms with van der Waals surface area (Å²) in [5.41, 5.74) is 5.19. The molecule has 4 N–H and O–H groups in total. The summed E-state index contributed by atoms with van der Waals surface area (Å²) in [6.45, 7) is 1.85. The normalized spacial score (nSPS) is 20.7. The number of ether oxygens (including phenoxy) is 1. The summed E-state index contributed by atoms with van der Waals surface area (Å²) >= 11 is 0. The van der Waals surface area contributed by atoms with E-state index in [4.69, 9.17) is 10.5 Å². The van der Waals surface area contributed by atoms with Crippen molar-refractivity contribution in [1.82, 2.24) is 10.6 Å². The Balaban J connectivity index is 2.24. The fourth-order valence-corrected chi connectivity index (χ4v) is 1.37. The van der Waals surface area contributed by atoms with Crippen molar-refractivity contribution in [2.75, 3.05) is 26.3 Å². The van der Waals surface area contributed by atoms with Gasteiger partial charge in [-0.2, -0.15) is 0 Å². The summed E-state index contributed by atoms with van der Waals surface area (Å²) in [7, 11) is 0. The number of carbonyl (C=O) groups excluding carboxylic acids is 2. The van der Waals surface area contributed by atoms with Crippen LogP contribution in [0.1, 0.15) is 12.8 Å². The molecule has 86 valence electrons. The molecule has 1 fully saturated rings. The van der Waals surface area contributed by atoms with E-state index >= 15 is 0 Å². The van der Waals surface area contributed by atoms with E-state index in [0.29, 0.717) is 19.7 Å². The monoisotopic (exact) mass is 215 g/mol. The zero-order valence-electron chi connectivity index (χ0n) is 8.62. The summed E-state index contributed by atoms with van der Waals surface area (Å²) in [6.07, 6.45) is 1.77.